The van der Waals surface area contributed by atoms with Crippen molar-refractivity contribution in [1.82, 2.24) is 5.32 Å². The minimum atomic E-state index is -0.883. The topological polar surface area (TPSA) is 52.9 Å². The second-order valence-electron chi connectivity index (χ2n) is 3.57. The Morgan fingerprint density at radius 3 is 2.82 bits per heavy atom. The lowest BCUT2D eigenvalue weighted by molar-refractivity contribution is 0.0944. The molecule has 17 heavy (non-hydrogen) atoms. The van der Waals surface area contributed by atoms with E-state index < -0.39 is 23.1 Å². The van der Waals surface area contributed by atoms with Gasteiger partial charge in [0.05, 0.1) is 6.07 Å². The summed E-state index contributed by atoms with van der Waals surface area (Å²) in [4.78, 5) is 11.5. The van der Waals surface area contributed by atoms with Gasteiger partial charge >= 0.3 is 0 Å². The van der Waals surface area contributed by atoms with Gasteiger partial charge in [-0.15, -0.1) is 0 Å². The predicted octanol–water partition coefficient (Wildman–Crippen LogP) is 2.31. The molecule has 0 bridgehead atoms. The van der Waals surface area contributed by atoms with Gasteiger partial charge in [-0.05, 0) is 25.0 Å². The van der Waals surface area contributed by atoms with Crippen LogP contribution < -0.4 is 5.32 Å². The van der Waals surface area contributed by atoms with Crippen LogP contribution in [0.25, 0.3) is 0 Å². The van der Waals surface area contributed by atoms with Gasteiger partial charge < -0.3 is 5.32 Å². The summed E-state index contributed by atoms with van der Waals surface area (Å²) in [5.74, 6) is -2.52. The van der Waals surface area contributed by atoms with E-state index in [4.69, 9.17) is 5.26 Å². The van der Waals surface area contributed by atoms with Gasteiger partial charge in [0.15, 0.2) is 0 Å². The van der Waals surface area contributed by atoms with Gasteiger partial charge in [0, 0.05) is 13.0 Å². The number of amides is 1. The molecule has 1 rings (SSSR count). The molecule has 0 spiro atoms. The summed E-state index contributed by atoms with van der Waals surface area (Å²) >= 11 is 0. The Balaban J connectivity index is 2.76. The molecule has 0 atom stereocenters. The quantitative estimate of drug-likeness (QED) is 0.818. The zero-order valence-electron chi connectivity index (χ0n) is 9.39. The fourth-order valence-electron chi connectivity index (χ4n) is 1.32. The van der Waals surface area contributed by atoms with Crippen molar-refractivity contribution in [1.29, 1.82) is 5.26 Å². The number of nitrogens with one attached hydrogen (secondary N) is 1. The molecule has 0 aliphatic rings. The lowest BCUT2D eigenvalue weighted by Gasteiger charge is -2.07. The summed E-state index contributed by atoms with van der Waals surface area (Å²) in [6, 6.07) is 4.25. The van der Waals surface area contributed by atoms with Crippen LogP contribution in [-0.2, 0) is 0 Å². The van der Waals surface area contributed by atoms with Gasteiger partial charge in [0.1, 0.15) is 17.2 Å². The third-order valence-electron chi connectivity index (χ3n) is 2.26. The summed E-state index contributed by atoms with van der Waals surface area (Å²) in [6.07, 6.45) is 0.746. The molecule has 0 saturated heterocycles. The number of halogens is 2. The first-order chi connectivity index (χ1) is 8.07. The number of unbranched alkanes of at least 4 members (excludes halogenated alkanes) is 1. The number of carbonyl (C=O) groups is 1. The fourth-order valence-corrected chi connectivity index (χ4v) is 1.32. The van der Waals surface area contributed by atoms with Crippen LogP contribution in [0.1, 0.15) is 28.8 Å². The number of hydrogen-bond donors (Lipinski definition) is 1. The summed E-state index contributed by atoms with van der Waals surface area (Å²) in [5.41, 5.74) is -0.351. The highest BCUT2D eigenvalue weighted by atomic mass is 19.1. The molecule has 1 aromatic carbocycles. The normalized spacial score (nSPS) is 9.76. The molecule has 0 fully saturated rings. The average molecular weight is 238 g/mol. The largest absolute Gasteiger partial charge is 0.352 e. The fraction of sp³-hybridized carbons (Fsp3) is 0.333. The first-order valence-corrected chi connectivity index (χ1v) is 5.17. The molecule has 0 aliphatic heterocycles. The molecular formula is C12H12F2N2O. The Morgan fingerprint density at radius 1 is 1.47 bits per heavy atom. The first-order valence-electron chi connectivity index (χ1n) is 5.17. The van der Waals surface area contributed by atoms with Crippen molar-refractivity contribution < 1.29 is 13.6 Å². The number of nitriles is 1. The van der Waals surface area contributed by atoms with Crippen molar-refractivity contribution in [2.75, 3.05) is 6.54 Å². The zero-order valence-corrected chi connectivity index (χ0v) is 9.39. The SMILES string of the molecule is Cc1ccc(F)c(C(=O)NCCCC#N)c1F. The van der Waals surface area contributed by atoms with E-state index in [2.05, 4.69) is 5.32 Å². The Labute approximate surface area is 98.1 Å². The maximum absolute atomic E-state index is 13.5. The van der Waals surface area contributed by atoms with Gasteiger partial charge in [-0.2, -0.15) is 5.26 Å². The summed E-state index contributed by atoms with van der Waals surface area (Å²) < 4.78 is 26.8. The molecule has 1 aromatic rings. The minimum absolute atomic E-state index is 0.216. The molecule has 0 radical (unpaired) electrons. The number of hydrogen-bond acceptors (Lipinski definition) is 2. The van der Waals surface area contributed by atoms with Crippen LogP contribution in [0.15, 0.2) is 12.1 Å². The highest BCUT2D eigenvalue weighted by molar-refractivity contribution is 5.94. The summed E-state index contributed by atoms with van der Waals surface area (Å²) in [5, 5.41) is 10.7. The number of rotatable bonds is 4. The van der Waals surface area contributed by atoms with Crippen molar-refractivity contribution in [3.63, 3.8) is 0 Å². The Hall–Kier alpha value is -1.96. The van der Waals surface area contributed by atoms with E-state index in [-0.39, 0.29) is 12.1 Å². The average Bonchev–Trinajstić information content (AvgIpc) is 2.30. The van der Waals surface area contributed by atoms with Crippen molar-refractivity contribution in [2.45, 2.75) is 19.8 Å². The van der Waals surface area contributed by atoms with Gasteiger partial charge in [-0.1, -0.05) is 6.07 Å². The van der Waals surface area contributed by atoms with Crippen LogP contribution >= 0.6 is 0 Å². The van der Waals surface area contributed by atoms with Crippen LogP contribution in [0.3, 0.4) is 0 Å². The predicted molar refractivity (Wildman–Crippen MR) is 58.3 cm³/mol. The molecular weight excluding hydrogens is 226 g/mol. The van der Waals surface area contributed by atoms with Crippen LogP contribution in [0.5, 0.6) is 0 Å². The van der Waals surface area contributed by atoms with E-state index in [0.29, 0.717) is 12.8 Å². The maximum Gasteiger partial charge on any atom is 0.257 e. The standard InChI is InChI=1S/C12H12F2N2O/c1-8-4-5-9(13)10(11(8)14)12(17)16-7-3-2-6-15/h4-5H,2-3,7H2,1H3,(H,16,17). The van der Waals surface area contributed by atoms with Crippen molar-refractivity contribution in [3.05, 3.63) is 34.9 Å². The van der Waals surface area contributed by atoms with E-state index >= 15 is 0 Å². The summed E-state index contributed by atoms with van der Waals surface area (Å²) in [6.45, 7) is 1.68. The smallest absolute Gasteiger partial charge is 0.257 e. The molecule has 90 valence electrons. The Kier molecular flexibility index (Phi) is 4.58. The third-order valence-corrected chi connectivity index (χ3v) is 2.26. The van der Waals surface area contributed by atoms with Crippen LogP contribution in [0, 0.1) is 29.9 Å². The van der Waals surface area contributed by atoms with Crippen molar-refractivity contribution in [3.8, 4) is 6.07 Å². The molecule has 5 heteroatoms. The third kappa shape index (κ3) is 3.25. The summed E-state index contributed by atoms with van der Waals surface area (Å²) in [7, 11) is 0. The van der Waals surface area contributed by atoms with E-state index in [0.717, 1.165) is 6.07 Å². The molecule has 1 N–H and O–H groups in total. The zero-order chi connectivity index (χ0) is 12.8. The lowest BCUT2D eigenvalue weighted by atomic mass is 10.1. The molecule has 0 aromatic heterocycles. The first kappa shape index (κ1) is 13.1. The maximum atomic E-state index is 13.5. The van der Waals surface area contributed by atoms with E-state index in [1.54, 1.807) is 0 Å². The lowest BCUT2D eigenvalue weighted by Crippen LogP contribution is -2.26. The molecule has 0 saturated carbocycles. The molecule has 0 heterocycles. The van der Waals surface area contributed by atoms with Gasteiger partial charge in [-0.25, -0.2) is 8.78 Å². The van der Waals surface area contributed by atoms with Crippen LogP contribution in [-0.4, -0.2) is 12.5 Å². The van der Waals surface area contributed by atoms with Crippen molar-refractivity contribution in [2.24, 2.45) is 0 Å². The molecule has 0 unspecified atom stereocenters. The van der Waals surface area contributed by atoms with E-state index in [1.807, 2.05) is 6.07 Å². The number of aryl methyl sites for hydroxylation is 1. The second-order valence-corrected chi connectivity index (χ2v) is 3.57. The number of nitrogens with zero attached hydrogens (tertiary/aromatic N) is 1. The van der Waals surface area contributed by atoms with Gasteiger partial charge in [0.2, 0.25) is 0 Å². The van der Waals surface area contributed by atoms with Gasteiger partial charge in [0.25, 0.3) is 5.91 Å². The highest BCUT2D eigenvalue weighted by Gasteiger charge is 2.18. The number of benzene rings is 1. The molecule has 0 aliphatic carbocycles. The van der Waals surface area contributed by atoms with Crippen molar-refractivity contribution >= 4 is 5.91 Å². The highest BCUT2D eigenvalue weighted by Crippen LogP contribution is 2.15. The monoisotopic (exact) mass is 238 g/mol. The second kappa shape index (κ2) is 5.94. The Bertz CT molecular complexity index is 466. The number of carbonyl (C=O) groups excluding carboxylic acids is 1. The van der Waals surface area contributed by atoms with Crippen LogP contribution in [0.4, 0.5) is 8.78 Å². The van der Waals surface area contributed by atoms with E-state index in [9.17, 15) is 13.6 Å². The van der Waals surface area contributed by atoms with Gasteiger partial charge in [-0.3, -0.25) is 4.79 Å². The van der Waals surface area contributed by atoms with E-state index in [1.165, 1.54) is 13.0 Å². The Morgan fingerprint density at radius 2 is 2.18 bits per heavy atom. The van der Waals surface area contributed by atoms with Crippen LogP contribution in [0.2, 0.25) is 0 Å². The molecule has 1 amide bonds. The minimum Gasteiger partial charge on any atom is -0.352 e. The molecule has 3 nitrogen and oxygen atoms in total.